The summed E-state index contributed by atoms with van der Waals surface area (Å²) in [6, 6.07) is 25.4. The molecule has 200 valence electrons. The van der Waals surface area contributed by atoms with Gasteiger partial charge in [-0.25, -0.2) is 9.18 Å². The second-order valence-electron chi connectivity index (χ2n) is 8.81. The molecule has 0 fully saturated rings. The Kier molecular flexibility index (Phi) is 7.71. The highest BCUT2D eigenvalue weighted by Crippen LogP contribution is 2.45. The van der Waals surface area contributed by atoms with E-state index in [1.807, 2.05) is 0 Å². The SMILES string of the molecule is COc1cc(C2C(C#N)=C(N)Oc3cc(OC(=O)c4ccc(Br)cc4)ccc32)ccc1OCc1ccccc1F. The lowest BCUT2D eigenvalue weighted by atomic mass is 9.83. The second kappa shape index (κ2) is 11.5. The molecule has 0 radical (unpaired) electrons. The van der Waals surface area contributed by atoms with Crippen molar-refractivity contribution >= 4 is 21.9 Å². The van der Waals surface area contributed by atoms with Gasteiger partial charge < -0.3 is 24.7 Å². The molecule has 0 spiro atoms. The van der Waals surface area contributed by atoms with E-state index in [0.717, 1.165) is 4.47 Å². The predicted molar refractivity (Wildman–Crippen MR) is 149 cm³/mol. The van der Waals surface area contributed by atoms with Gasteiger partial charge in [0.2, 0.25) is 5.88 Å². The molecule has 2 N–H and O–H groups in total. The molecule has 5 rings (SSSR count). The van der Waals surface area contributed by atoms with Crippen LogP contribution in [0, 0.1) is 17.1 Å². The van der Waals surface area contributed by atoms with E-state index in [0.29, 0.717) is 39.5 Å². The summed E-state index contributed by atoms with van der Waals surface area (Å²) in [4.78, 5) is 12.6. The average molecular weight is 601 g/mol. The first kappa shape index (κ1) is 26.8. The Bertz CT molecular complexity index is 1660. The highest BCUT2D eigenvalue weighted by Gasteiger charge is 2.32. The maximum Gasteiger partial charge on any atom is 0.343 e. The van der Waals surface area contributed by atoms with Crippen LogP contribution >= 0.6 is 15.9 Å². The quantitative estimate of drug-likeness (QED) is 0.188. The number of halogens is 2. The van der Waals surface area contributed by atoms with Gasteiger partial charge in [0.05, 0.1) is 18.6 Å². The summed E-state index contributed by atoms with van der Waals surface area (Å²) in [5.74, 6) is -0.121. The molecule has 40 heavy (non-hydrogen) atoms. The van der Waals surface area contributed by atoms with E-state index in [-0.39, 0.29) is 29.6 Å². The number of nitrogens with two attached hydrogens (primary N) is 1. The molecule has 1 heterocycles. The summed E-state index contributed by atoms with van der Waals surface area (Å²) < 4.78 is 37.6. The minimum Gasteiger partial charge on any atom is -0.493 e. The molecule has 0 bridgehead atoms. The molecule has 4 aromatic carbocycles. The molecule has 9 heteroatoms. The van der Waals surface area contributed by atoms with Crippen molar-refractivity contribution in [2.24, 2.45) is 5.73 Å². The van der Waals surface area contributed by atoms with E-state index in [2.05, 4.69) is 22.0 Å². The highest BCUT2D eigenvalue weighted by molar-refractivity contribution is 9.10. The topological polar surface area (TPSA) is 104 Å². The summed E-state index contributed by atoms with van der Waals surface area (Å²) in [6.07, 6.45) is 0. The van der Waals surface area contributed by atoms with E-state index in [4.69, 9.17) is 24.7 Å². The number of allylic oxidation sites excluding steroid dienone is 1. The Morgan fingerprint density at radius 3 is 2.55 bits per heavy atom. The van der Waals surface area contributed by atoms with E-state index in [1.54, 1.807) is 78.9 Å². The minimum absolute atomic E-state index is 0.0144. The molecule has 0 saturated heterocycles. The number of rotatable bonds is 7. The van der Waals surface area contributed by atoms with E-state index in [9.17, 15) is 14.4 Å². The standard InChI is InChI=1S/C31H22BrFN2O5/c1-37-28-14-19(8-13-26(28)38-17-20-4-2-3-5-25(20)33)29-23-12-11-22(15-27(23)40-30(35)24(29)16-34)39-31(36)18-6-9-21(32)10-7-18/h2-15,29H,17,35H2,1H3. The third-order valence-electron chi connectivity index (χ3n) is 6.34. The van der Waals surface area contributed by atoms with Gasteiger partial charge in [0.1, 0.15) is 35.6 Å². The number of nitrogens with zero attached hydrogens (tertiary/aromatic N) is 1. The minimum atomic E-state index is -0.584. The number of methoxy groups -OCH3 is 1. The van der Waals surface area contributed by atoms with Crippen LogP contribution in [0.4, 0.5) is 4.39 Å². The number of nitriles is 1. The molecular formula is C31H22BrFN2O5. The molecule has 0 aliphatic carbocycles. The molecule has 1 atom stereocenters. The summed E-state index contributed by atoms with van der Waals surface area (Å²) in [5.41, 5.74) is 8.50. The molecule has 4 aromatic rings. The third-order valence-corrected chi connectivity index (χ3v) is 6.87. The number of carbonyl (C=O) groups is 1. The van der Waals surface area contributed by atoms with Crippen molar-refractivity contribution in [1.82, 2.24) is 0 Å². The van der Waals surface area contributed by atoms with Gasteiger partial charge in [0, 0.05) is 21.7 Å². The Hall–Kier alpha value is -4.81. The molecule has 1 unspecified atom stereocenters. The van der Waals surface area contributed by atoms with Crippen LogP contribution in [0.2, 0.25) is 0 Å². The zero-order chi connectivity index (χ0) is 28.2. The van der Waals surface area contributed by atoms with Crippen molar-refractivity contribution in [3.05, 3.63) is 129 Å². The van der Waals surface area contributed by atoms with E-state index < -0.39 is 11.9 Å². The summed E-state index contributed by atoms with van der Waals surface area (Å²) in [7, 11) is 1.49. The summed E-state index contributed by atoms with van der Waals surface area (Å²) in [6.45, 7) is 0.0144. The van der Waals surface area contributed by atoms with Gasteiger partial charge >= 0.3 is 5.97 Å². The van der Waals surface area contributed by atoms with Crippen molar-refractivity contribution in [2.75, 3.05) is 7.11 Å². The number of ether oxygens (including phenoxy) is 4. The molecule has 7 nitrogen and oxygen atoms in total. The number of hydrogen-bond acceptors (Lipinski definition) is 7. The van der Waals surface area contributed by atoms with Gasteiger partial charge in [-0.1, -0.05) is 46.3 Å². The van der Waals surface area contributed by atoms with Crippen molar-refractivity contribution in [1.29, 1.82) is 5.26 Å². The highest BCUT2D eigenvalue weighted by atomic mass is 79.9. The third kappa shape index (κ3) is 5.48. The smallest absolute Gasteiger partial charge is 0.343 e. The molecule has 1 aliphatic heterocycles. The normalized spacial score (nSPS) is 14.0. The average Bonchev–Trinajstić information content (AvgIpc) is 2.96. The molecule has 0 saturated carbocycles. The Morgan fingerprint density at radius 1 is 1.05 bits per heavy atom. The van der Waals surface area contributed by atoms with Crippen molar-refractivity contribution in [2.45, 2.75) is 12.5 Å². The number of benzene rings is 4. The van der Waals surface area contributed by atoms with Gasteiger partial charge in [-0.05, 0) is 54.1 Å². The van der Waals surface area contributed by atoms with E-state index in [1.165, 1.54) is 13.2 Å². The van der Waals surface area contributed by atoms with Crippen molar-refractivity contribution < 1.29 is 28.1 Å². The van der Waals surface area contributed by atoms with Gasteiger partial charge in [-0.3, -0.25) is 0 Å². The van der Waals surface area contributed by atoms with Crippen LogP contribution in [0.15, 0.2) is 101 Å². The second-order valence-corrected chi connectivity index (χ2v) is 9.73. The van der Waals surface area contributed by atoms with Crippen LogP contribution in [-0.4, -0.2) is 13.1 Å². The van der Waals surface area contributed by atoms with Crippen molar-refractivity contribution in [3.63, 3.8) is 0 Å². The number of carbonyl (C=O) groups excluding carboxylic acids is 1. The predicted octanol–water partition coefficient (Wildman–Crippen LogP) is 6.61. The van der Waals surface area contributed by atoms with Crippen LogP contribution in [0.1, 0.15) is 33.0 Å². The van der Waals surface area contributed by atoms with Gasteiger partial charge in [-0.15, -0.1) is 0 Å². The van der Waals surface area contributed by atoms with Crippen molar-refractivity contribution in [3.8, 4) is 29.1 Å². The summed E-state index contributed by atoms with van der Waals surface area (Å²) in [5, 5.41) is 9.92. The lowest BCUT2D eigenvalue weighted by Gasteiger charge is -2.27. The van der Waals surface area contributed by atoms with Crippen LogP contribution < -0.4 is 24.7 Å². The monoisotopic (exact) mass is 600 g/mol. The Morgan fingerprint density at radius 2 is 1.82 bits per heavy atom. The molecule has 0 amide bonds. The fourth-order valence-electron chi connectivity index (χ4n) is 4.35. The maximum absolute atomic E-state index is 14.0. The molecular weight excluding hydrogens is 579 g/mol. The number of esters is 1. The van der Waals surface area contributed by atoms with Crippen LogP contribution in [0.25, 0.3) is 0 Å². The largest absolute Gasteiger partial charge is 0.493 e. The zero-order valence-corrected chi connectivity index (χ0v) is 22.8. The van der Waals surface area contributed by atoms with Crippen LogP contribution in [-0.2, 0) is 6.61 Å². The lowest BCUT2D eigenvalue weighted by Crippen LogP contribution is -2.21. The zero-order valence-electron chi connectivity index (χ0n) is 21.2. The Balaban J connectivity index is 1.44. The number of fused-ring (bicyclic) bond motifs is 1. The Labute approximate surface area is 238 Å². The lowest BCUT2D eigenvalue weighted by molar-refractivity contribution is 0.0734. The summed E-state index contributed by atoms with van der Waals surface area (Å²) >= 11 is 3.34. The fraction of sp³-hybridized carbons (Fsp3) is 0.0968. The fourth-order valence-corrected chi connectivity index (χ4v) is 4.61. The van der Waals surface area contributed by atoms with E-state index >= 15 is 0 Å². The first-order chi connectivity index (χ1) is 19.4. The number of hydrogen-bond donors (Lipinski definition) is 1. The van der Waals surface area contributed by atoms with Gasteiger partial charge in [0.15, 0.2) is 11.5 Å². The molecule has 0 aromatic heterocycles. The van der Waals surface area contributed by atoms with Crippen LogP contribution in [0.5, 0.6) is 23.0 Å². The van der Waals surface area contributed by atoms with Crippen LogP contribution in [0.3, 0.4) is 0 Å². The molecule has 1 aliphatic rings. The van der Waals surface area contributed by atoms with Gasteiger partial charge in [-0.2, -0.15) is 5.26 Å². The first-order valence-electron chi connectivity index (χ1n) is 12.1. The maximum atomic E-state index is 14.0. The first-order valence-corrected chi connectivity index (χ1v) is 12.9. The van der Waals surface area contributed by atoms with Gasteiger partial charge in [0.25, 0.3) is 0 Å².